The largest absolute Gasteiger partial charge is 0.481 e. The topological polar surface area (TPSA) is 54.4 Å². The summed E-state index contributed by atoms with van der Waals surface area (Å²) >= 11 is 9.80. The van der Waals surface area contributed by atoms with E-state index < -0.39 is 10.3 Å². The molecule has 1 aromatic rings. The average molecular weight is 402 g/mol. The third-order valence-corrected chi connectivity index (χ3v) is 5.24. The molecular weight excluding hydrogens is 380 g/mol. The fraction of sp³-hybridized carbons (Fsp3) is 0.556. The molecule has 23 heavy (non-hydrogen) atoms. The molecule has 3 nitrogen and oxygen atoms in total. The molecule has 0 spiro atoms. The van der Waals surface area contributed by atoms with Crippen LogP contribution in [-0.2, 0) is 4.79 Å². The zero-order chi connectivity index (χ0) is 17.2. The predicted molar refractivity (Wildman–Crippen MR) is 95.7 cm³/mol. The highest BCUT2D eigenvalue weighted by atomic mass is 79.9. The van der Waals surface area contributed by atoms with E-state index in [1.54, 1.807) is 6.07 Å². The number of carbonyl (C=O) groups is 2. The van der Waals surface area contributed by atoms with E-state index in [1.165, 1.54) is 0 Å². The van der Waals surface area contributed by atoms with E-state index in [0.29, 0.717) is 16.5 Å². The van der Waals surface area contributed by atoms with Gasteiger partial charge >= 0.3 is 5.97 Å². The third kappa shape index (κ3) is 4.80. The van der Waals surface area contributed by atoms with E-state index >= 15 is 0 Å². The molecule has 0 heterocycles. The first kappa shape index (κ1) is 18.5. The van der Waals surface area contributed by atoms with Crippen LogP contribution in [0.4, 0.5) is 0 Å². The Hall–Kier alpha value is -0.870. The average Bonchev–Trinajstić information content (AvgIpc) is 2.46. The summed E-state index contributed by atoms with van der Waals surface area (Å²) in [6.07, 6.45) is 4.00. The second-order valence-electron chi connectivity index (χ2n) is 6.85. The van der Waals surface area contributed by atoms with Crippen molar-refractivity contribution in [2.45, 2.75) is 56.2 Å². The lowest BCUT2D eigenvalue weighted by molar-refractivity contribution is -0.138. The monoisotopic (exact) mass is 400 g/mol. The van der Waals surface area contributed by atoms with E-state index in [-0.39, 0.29) is 18.1 Å². The zero-order valence-corrected chi connectivity index (χ0v) is 15.8. The molecule has 126 valence electrons. The van der Waals surface area contributed by atoms with Gasteiger partial charge in [-0.2, -0.15) is 0 Å². The number of hydrogen-bond donors (Lipinski definition) is 1. The number of aliphatic carboxylic acids is 1. The number of Topliss-reactive ketones (excluding diaryl/α,β-unsaturated/α-hetero) is 1. The maximum Gasteiger partial charge on any atom is 0.303 e. The molecule has 0 atom stereocenters. The third-order valence-electron chi connectivity index (χ3n) is 4.55. The highest BCUT2D eigenvalue weighted by Gasteiger charge is 2.28. The molecule has 0 aromatic heterocycles. The standard InChI is InChI=1S/C18H22BrClO3/c1-18(2,19)17(23)13-7-8-14(15(20)10-13)12-5-3-11(4-6-12)9-16(21)22/h7-8,10-12H,3-6,9H2,1-2H3,(H,21,22). The first-order valence-corrected chi connectivity index (χ1v) is 9.10. The molecular formula is C18H22BrClO3. The van der Waals surface area contributed by atoms with Gasteiger partial charge in [-0.3, -0.25) is 9.59 Å². The minimum atomic E-state index is -0.716. The molecule has 0 aliphatic heterocycles. The SMILES string of the molecule is CC(C)(Br)C(=O)c1ccc(C2CCC(CC(=O)O)CC2)c(Cl)c1. The number of benzene rings is 1. The van der Waals surface area contributed by atoms with E-state index in [0.717, 1.165) is 31.2 Å². The van der Waals surface area contributed by atoms with Crippen LogP contribution in [0.15, 0.2) is 18.2 Å². The van der Waals surface area contributed by atoms with E-state index in [1.807, 2.05) is 26.0 Å². The first-order valence-electron chi connectivity index (χ1n) is 7.93. The Balaban J connectivity index is 2.08. The molecule has 2 rings (SSSR count). The number of halogens is 2. The van der Waals surface area contributed by atoms with Gasteiger partial charge in [0.15, 0.2) is 5.78 Å². The Morgan fingerprint density at radius 3 is 2.35 bits per heavy atom. The lowest BCUT2D eigenvalue weighted by atomic mass is 9.77. The van der Waals surface area contributed by atoms with Crippen LogP contribution in [0.25, 0.3) is 0 Å². The molecule has 1 aromatic carbocycles. The van der Waals surface area contributed by atoms with Gasteiger partial charge in [0.05, 0.1) is 4.32 Å². The van der Waals surface area contributed by atoms with Crippen LogP contribution in [0.5, 0.6) is 0 Å². The van der Waals surface area contributed by atoms with Gasteiger partial charge < -0.3 is 5.11 Å². The molecule has 0 unspecified atom stereocenters. The molecule has 0 amide bonds. The minimum Gasteiger partial charge on any atom is -0.481 e. The number of carboxylic acid groups (broad SMARTS) is 1. The van der Waals surface area contributed by atoms with Gasteiger partial charge in [-0.25, -0.2) is 0 Å². The second-order valence-corrected chi connectivity index (χ2v) is 9.24. The number of carbonyl (C=O) groups excluding carboxylic acids is 1. The molecule has 0 saturated heterocycles. The Kier molecular flexibility index (Phi) is 5.90. The molecule has 0 radical (unpaired) electrons. The van der Waals surface area contributed by atoms with Crippen LogP contribution < -0.4 is 0 Å². The Morgan fingerprint density at radius 1 is 1.26 bits per heavy atom. The van der Waals surface area contributed by atoms with Gasteiger partial charge in [0, 0.05) is 17.0 Å². The van der Waals surface area contributed by atoms with E-state index in [4.69, 9.17) is 16.7 Å². The highest BCUT2D eigenvalue weighted by molar-refractivity contribution is 9.10. The summed E-state index contributed by atoms with van der Waals surface area (Å²) in [5, 5.41) is 9.52. The van der Waals surface area contributed by atoms with Gasteiger partial charge in [-0.1, -0.05) is 39.7 Å². The van der Waals surface area contributed by atoms with Crippen LogP contribution in [0.1, 0.15) is 67.8 Å². The van der Waals surface area contributed by atoms with Gasteiger partial charge in [0.1, 0.15) is 0 Å². The van der Waals surface area contributed by atoms with Gasteiger partial charge in [-0.15, -0.1) is 0 Å². The van der Waals surface area contributed by atoms with Crippen molar-refractivity contribution in [2.24, 2.45) is 5.92 Å². The first-order chi connectivity index (χ1) is 10.7. The van der Waals surface area contributed by atoms with Crippen molar-refractivity contribution < 1.29 is 14.7 Å². The van der Waals surface area contributed by atoms with Crippen molar-refractivity contribution in [2.75, 3.05) is 0 Å². The van der Waals surface area contributed by atoms with Crippen molar-refractivity contribution >= 4 is 39.3 Å². The van der Waals surface area contributed by atoms with Crippen molar-refractivity contribution in [3.8, 4) is 0 Å². The highest BCUT2D eigenvalue weighted by Crippen LogP contribution is 2.40. The van der Waals surface area contributed by atoms with Crippen molar-refractivity contribution in [3.63, 3.8) is 0 Å². The molecule has 1 aliphatic carbocycles. The Bertz CT molecular complexity index is 599. The van der Waals surface area contributed by atoms with Crippen molar-refractivity contribution in [1.82, 2.24) is 0 Å². The fourth-order valence-corrected chi connectivity index (χ4v) is 3.83. The summed E-state index contributed by atoms with van der Waals surface area (Å²) in [5.41, 5.74) is 1.68. The summed E-state index contributed by atoms with van der Waals surface area (Å²) < 4.78 is -0.604. The van der Waals surface area contributed by atoms with Crippen molar-refractivity contribution in [3.05, 3.63) is 34.3 Å². The quantitative estimate of drug-likeness (QED) is 0.527. The van der Waals surface area contributed by atoms with E-state index in [2.05, 4.69) is 15.9 Å². The second kappa shape index (κ2) is 7.35. The zero-order valence-electron chi connectivity index (χ0n) is 13.4. The Morgan fingerprint density at radius 2 is 1.87 bits per heavy atom. The Labute approximate surface area is 150 Å². The van der Waals surface area contributed by atoms with Gasteiger partial charge in [0.25, 0.3) is 0 Å². The number of rotatable bonds is 5. The maximum atomic E-state index is 12.3. The minimum absolute atomic E-state index is 0.0103. The summed E-state index contributed by atoms with van der Waals surface area (Å²) in [6.45, 7) is 3.64. The summed E-state index contributed by atoms with van der Waals surface area (Å²) in [5.74, 6) is -0.0749. The van der Waals surface area contributed by atoms with Crippen LogP contribution in [0.2, 0.25) is 5.02 Å². The molecule has 1 saturated carbocycles. The van der Waals surface area contributed by atoms with Crippen LogP contribution in [-0.4, -0.2) is 21.2 Å². The molecule has 1 N–H and O–H groups in total. The number of carboxylic acids is 1. The number of ketones is 1. The molecule has 1 aliphatic rings. The van der Waals surface area contributed by atoms with Gasteiger partial charge in [0.2, 0.25) is 0 Å². The number of alkyl halides is 1. The van der Waals surface area contributed by atoms with E-state index in [9.17, 15) is 9.59 Å². The normalized spacial score (nSPS) is 21.9. The summed E-state index contributed by atoms with van der Waals surface area (Å²) in [4.78, 5) is 23.1. The summed E-state index contributed by atoms with van der Waals surface area (Å²) in [6, 6.07) is 5.55. The maximum absolute atomic E-state index is 12.3. The smallest absolute Gasteiger partial charge is 0.303 e. The van der Waals surface area contributed by atoms with Gasteiger partial charge in [-0.05, 0) is 63.0 Å². The summed E-state index contributed by atoms with van der Waals surface area (Å²) in [7, 11) is 0. The molecule has 0 bridgehead atoms. The van der Waals surface area contributed by atoms with Crippen LogP contribution in [0, 0.1) is 5.92 Å². The molecule has 5 heteroatoms. The van der Waals surface area contributed by atoms with Crippen LogP contribution in [0.3, 0.4) is 0 Å². The lowest BCUT2D eigenvalue weighted by Gasteiger charge is -2.28. The van der Waals surface area contributed by atoms with Crippen LogP contribution >= 0.6 is 27.5 Å². The van der Waals surface area contributed by atoms with Crippen molar-refractivity contribution in [1.29, 1.82) is 0 Å². The predicted octanol–water partition coefficient (Wildman–Crippen LogP) is 5.44. The lowest BCUT2D eigenvalue weighted by Crippen LogP contribution is -2.24. The number of hydrogen-bond acceptors (Lipinski definition) is 2. The fourth-order valence-electron chi connectivity index (χ4n) is 3.27. The molecule has 1 fully saturated rings.